The molecule has 3 heteroatoms. The lowest BCUT2D eigenvalue weighted by atomic mass is 9.86. The maximum Gasteiger partial charge on any atom is 0.192 e. The molecule has 0 N–H and O–H groups in total. The summed E-state index contributed by atoms with van der Waals surface area (Å²) in [4.78, 5) is 11.3. The molecule has 1 heterocycles. The fourth-order valence-corrected chi connectivity index (χ4v) is 1.59. The van der Waals surface area contributed by atoms with Crippen molar-refractivity contribution in [3.63, 3.8) is 0 Å². The minimum absolute atomic E-state index is 0.0123. The second kappa shape index (κ2) is 2.74. The van der Waals surface area contributed by atoms with Crippen LogP contribution in [0.1, 0.15) is 19.4 Å². The van der Waals surface area contributed by atoms with Gasteiger partial charge in [0.15, 0.2) is 11.4 Å². The zero-order chi connectivity index (χ0) is 10.3. The number of ketones is 1. The molecule has 1 atom stereocenters. The maximum absolute atomic E-state index is 11.3. The van der Waals surface area contributed by atoms with Crippen LogP contribution in [-0.4, -0.2) is 12.9 Å². The van der Waals surface area contributed by atoms with Crippen LogP contribution in [0.4, 0.5) is 0 Å². The molecular weight excluding hydrogens is 180 g/mol. The molecule has 0 saturated heterocycles. The van der Waals surface area contributed by atoms with Crippen LogP contribution in [0.2, 0.25) is 0 Å². The number of benzene rings is 1. The molecule has 3 nitrogen and oxygen atoms in total. The molecule has 0 saturated carbocycles. The second-order valence-corrected chi connectivity index (χ2v) is 3.55. The number of carbonyl (C=O) groups is 1. The fourth-order valence-electron chi connectivity index (χ4n) is 1.59. The lowest BCUT2D eigenvalue weighted by molar-refractivity contribution is -0.135. The average molecular weight is 192 g/mol. The molecule has 0 unspecified atom stereocenters. The lowest BCUT2D eigenvalue weighted by Gasteiger charge is -2.39. The Balaban J connectivity index is 2.45. The van der Waals surface area contributed by atoms with Crippen LogP contribution in [0.15, 0.2) is 18.2 Å². The van der Waals surface area contributed by atoms with Gasteiger partial charge in [-0.3, -0.25) is 4.79 Å². The van der Waals surface area contributed by atoms with Crippen molar-refractivity contribution in [3.05, 3.63) is 23.8 Å². The Morgan fingerprint density at radius 1 is 1.50 bits per heavy atom. The summed E-state index contributed by atoms with van der Waals surface area (Å²) in [5.41, 5.74) is 0.133. The standard InChI is InChI=1S/C11H12O3/c1-7(12)11(2)9-6-8(13-3)4-5-10(9)14-11/h4-6H,1-3H3/t11-/m1/s1. The van der Waals surface area contributed by atoms with Crippen molar-refractivity contribution in [2.24, 2.45) is 0 Å². The van der Waals surface area contributed by atoms with Gasteiger partial charge in [-0.1, -0.05) is 0 Å². The number of methoxy groups -OCH3 is 1. The summed E-state index contributed by atoms with van der Waals surface area (Å²) in [6.45, 7) is 3.31. The third-order valence-electron chi connectivity index (χ3n) is 2.69. The fraction of sp³-hybridized carbons (Fsp3) is 0.364. The highest BCUT2D eigenvalue weighted by Gasteiger charge is 2.45. The van der Waals surface area contributed by atoms with Gasteiger partial charge in [-0.15, -0.1) is 0 Å². The Bertz CT molecular complexity index is 398. The SMILES string of the molecule is COc1ccc2c(c1)[C@@](C)(C(C)=O)O2. The molecule has 0 fully saturated rings. The molecule has 14 heavy (non-hydrogen) atoms. The Kier molecular flexibility index (Phi) is 1.77. The van der Waals surface area contributed by atoms with Gasteiger partial charge >= 0.3 is 0 Å². The molecule has 0 spiro atoms. The summed E-state index contributed by atoms with van der Waals surface area (Å²) < 4.78 is 10.5. The Morgan fingerprint density at radius 3 is 2.79 bits per heavy atom. The van der Waals surface area contributed by atoms with Gasteiger partial charge in [0.2, 0.25) is 0 Å². The molecule has 0 radical (unpaired) electrons. The Labute approximate surface area is 82.6 Å². The van der Waals surface area contributed by atoms with E-state index in [0.717, 1.165) is 17.1 Å². The number of rotatable bonds is 2. The first-order chi connectivity index (χ1) is 6.58. The van der Waals surface area contributed by atoms with Gasteiger partial charge in [-0.2, -0.15) is 0 Å². The molecule has 0 aromatic heterocycles. The van der Waals surface area contributed by atoms with Crippen molar-refractivity contribution in [2.75, 3.05) is 7.11 Å². The molecule has 0 amide bonds. The van der Waals surface area contributed by atoms with E-state index in [4.69, 9.17) is 9.47 Å². The first-order valence-electron chi connectivity index (χ1n) is 4.46. The number of ether oxygens (including phenoxy) is 2. The van der Waals surface area contributed by atoms with E-state index in [0.29, 0.717) is 0 Å². The number of fused-ring (bicyclic) bond motifs is 1. The van der Waals surface area contributed by atoms with E-state index in [1.165, 1.54) is 6.92 Å². The molecule has 0 bridgehead atoms. The molecule has 1 aliphatic heterocycles. The van der Waals surface area contributed by atoms with Crippen molar-refractivity contribution in [1.29, 1.82) is 0 Å². The number of carbonyl (C=O) groups excluding carboxylic acids is 1. The van der Waals surface area contributed by atoms with Crippen LogP contribution in [0.5, 0.6) is 11.5 Å². The summed E-state index contributed by atoms with van der Waals surface area (Å²) in [6.07, 6.45) is 0. The number of hydrogen-bond acceptors (Lipinski definition) is 3. The summed E-state index contributed by atoms with van der Waals surface area (Å²) in [5.74, 6) is 1.53. The van der Waals surface area contributed by atoms with Crippen molar-refractivity contribution < 1.29 is 14.3 Å². The van der Waals surface area contributed by atoms with E-state index in [2.05, 4.69) is 0 Å². The van der Waals surface area contributed by atoms with Crippen LogP contribution < -0.4 is 9.47 Å². The third kappa shape index (κ3) is 1.02. The summed E-state index contributed by atoms with van der Waals surface area (Å²) in [6, 6.07) is 5.48. The smallest absolute Gasteiger partial charge is 0.192 e. The quantitative estimate of drug-likeness (QED) is 0.717. The number of Topliss-reactive ketones (excluding diaryl/α,β-unsaturated/α-hetero) is 1. The van der Waals surface area contributed by atoms with Crippen molar-refractivity contribution >= 4 is 5.78 Å². The zero-order valence-electron chi connectivity index (χ0n) is 8.46. The molecule has 0 aliphatic carbocycles. The average Bonchev–Trinajstić information content (AvgIpc) is 2.16. The lowest BCUT2D eigenvalue weighted by Crippen LogP contribution is -2.44. The predicted molar refractivity (Wildman–Crippen MR) is 51.7 cm³/mol. The van der Waals surface area contributed by atoms with Crippen molar-refractivity contribution in [3.8, 4) is 11.5 Å². The van der Waals surface area contributed by atoms with Crippen LogP contribution in [-0.2, 0) is 10.4 Å². The monoisotopic (exact) mass is 192 g/mol. The topological polar surface area (TPSA) is 35.5 Å². The van der Waals surface area contributed by atoms with Gasteiger partial charge in [0.05, 0.1) is 7.11 Å². The van der Waals surface area contributed by atoms with Crippen LogP contribution in [0.3, 0.4) is 0 Å². The van der Waals surface area contributed by atoms with Gasteiger partial charge in [-0.05, 0) is 32.0 Å². The zero-order valence-corrected chi connectivity index (χ0v) is 8.46. The van der Waals surface area contributed by atoms with Gasteiger partial charge in [0, 0.05) is 5.56 Å². The highest BCUT2D eigenvalue weighted by Crippen LogP contribution is 2.45. The first-order valence-corrected chi connectivity index (χ1v) is 4.46. The Morgan fingerprint density at radius 2 is 2.21 bits per heavy atom. The summed E-state index contributed by atoms with van der Waals surface area (Å²) >= 11 is 0. The highest BCUT2D eigenvalue weighted by molar-refractivity contribution is 5.89. The number of hydrogen-bond donors (Lipinski definition) is 0. The largest absolute Gasteiger partial charge is 0.497 e. The third-order valence-corrected chi connectivity index (χ3v) is 2.69. The molecule has 1 aliphatic rings. The summed E-state index contributed by atoms with van der Waals surface area (Å²) in [5, 5.41) is 0. The van der Waals surface area contributed by atoms with Crippen LogP contribution in [0.25, 0.3) is 0 Å². The van der Waals surface area contributed by atoms with Gasteiger partial charge in [0.1, 0.15) is 11.5 Å². The van der Waals surface area contributed by atoms with E-state index < -0.39 is 5.60 Å². The molecule has 1 aromatic rings. The van der Waals surface area contributed by atoms with E-state index in [9.17, 15) is 4.79 Å². The van der Waals surface area contributed by atoms with E-state index in [-0.39, 0.29) is 5.78 Å². The molecular formula is C11H12O3. The van der Waals surface area contributed by atoms with Crippen LogP contribution in [0, 0.1) is 0 Å². The van der Waals surface area contributed by atoms with E-state index >= 15 is 0 Å². The van der Waals surface area contributed by atoms with Crippen molar-refractivity contribution in [1.82, 2.24) is 0 Å². The summed E-state index contributed by atoms with van der Waals surface area (Å²) in [7, 11) is 1.60. The first kappa shape index (κ1) is 9.06. The second-order valence-electron chi connectivity index (χ2n) is 3.55. The Hall–Kier alpha value is -1.51. The maximum atomic E-state index is 11.3. The van der Waals surface area contributed by atoms with Gasteiger partial charge < -0.3 is 9.47 Å². The van der Waals surface area contributed by atoms with E-state index in [1.807, 2.05) is 18.2 Å². The minimum Gasteiger partial charge on any atom is -0.497 e. The van der Waals surface area contributed by atoms with Gasteiger partial charge in [0.25, 0.3) is 0 Å². The molecule has 1 aromatic carbocycles. The molecule has 74 valence electrons. The van der Waals surface area contributed by atoms with Gasteiger partial charge in [-0.25, -0.2) is 0 Å². The van der Waals surface area contributed by atoms with Crippen LogP contribution >= 0.6 is 0 Å². The predicted octanol–water partition coefficient (Wildman–Crippen LogP) is 1.89. The minimum atomic E-state index is -0.774. The molecule has 2 rings (SSSR count). The van der Waals surface area contributed by atoms with Crippen molar-refractivity contribution in [2.45, 2.75) is 19.4 Å². The normalized spacial score (nSPS) is 23.1. The highest BCUT2D eigenvalue weighted by atomic mass is 16.5. The van der Waals surface area contributed by atoms with E-state index in [1.54, 1.807) is 14.0 Å².